The van der Waals surface area contributed by atoms with E-state index in [2.05, 4.69) is 10.3 Å². The number of carbonyl (C=O) groups excluding carboxylic acids is 1. The summed E-state index contributed by atoms with van der Waals surface area (Å²) in [4.78, 5) is 15.7. The lowest BCUT2D eigenvalue weighted by Gasteiger charge is -2.15. The van der Waals surface area contributed by atoms with Gasteiger partial charge in [0.05, 0.1) is 6.04 Å². The standard InChI is InChI=1S/C12H19N3O.2ClH/c1-8(2)11(13)12(16)15-7-10-5-4-9(3)14-6-10;;/h4-6,8,11H,7,13H2,1-3H3,(H,15,16);2*1H. The summed E-state index contributed by atoms with van der Waals surface area (Å²) in [6.07, 6.45) is 1.76. The summed E-state index contributed by atoms with van der Waals surface area (Å²) < 4.78 is 0. The van der Waals surface area contributed by atoms with Gasteiger partial charge < -0.3 is 11.1 Å². The minimum Gasteiger partial charge on any atom is -0.351 e. The molecule has 0 bridgehead atoms. The van der Waals surface area contributed by atoms with E-state index in [9.17, 15) is 4.79 Å². The summed E-state index contributed by atoms with van der Waals surface area (Å²) in [7, 11) is 0. The predicted molar refractivity (Wildman–Crippen MR) is 78.1 cm³/mol. The first-order valence-corrected chi connectivity index (χ1v) is 5.45. The SMILES string of the molecule is Cc1ccc(CNC(=O)C(N)C(C)C)cn1.Cl.Cl. The van der Waals surface area contributed by atoms with Crippen LogP contribution >= 0.6 is 24.8 Å². The van der Waals surface area contributed by atoms with Crippen molar-refractivity contribution in [1.29, 1.82) is 0 Å². The molecule has 0 aliphatic heterocycles. The molecular weight excluding hydrogens is 273 g/mol. The van der Waals surface area contributed by atoms with Gasteiger partial charge in [-0.25, -0.2) is 0 Å². The molecule has 18 heavy (non-hydrogen) atoms. The average molecular weight is 294 g/mol. The van der Waals surface area contributed by atoms with Crippen LogP contribution in [0.4, 0.5) is 0 Å². The molecule has 0 saturated carbocycles. The van der Waals surface area contributed by atoms with E-state index in [1.54, 1.807) is 6.20 Å². The van der Waals surface area contributed by atoms with Crippen LogP contribution in [0.15, 0.2) is 18.3 Å². The van der Waals surface area contributed by atoms with Crippen molar-refractivity contribution in [1.82, 2.24) is 10.3 Å². The van der Waals surface area contributed by atoms with E-state index in [0.717, 1.165) is 11.3 Å². The van der Waals surface area contributed by atoms with Gasteiger partial charge in [0, 0.05) is 18.4 Å². The van der Waals surface area contributed by atoms with E-state index >= 15 is 0 Å². The molecule has 6 heteroatoms. The number of hydrogen-bond donors (Lipinski definition) is 2. The monoisotopic (exact) mass is 293 g/mol. The number of halogens is 2. The van der Waals surface area contributed by atoms with E-state index in [1.165, 1.54) is 0 Å². The molecule has 1 amide bonds. The highest BCUT2D eigenvalue weighted by Gasteiger charge is 2.16. The van der Waals surface area contributed by atoms with Gasteiger partial charge in [0.1, 0.15) is 0 Å². The van der Waals surface area contributed by atoms with Crippen LogP contribution < -0.4 is 11.1 Å². The largest absolute Gasteiger partial charge is 0.351 e. The third-order valence-corrected chi connectivity index (χ3v) is 2.46. The maximum absolute atomic E-state index is 11.6. The normalized spacial score (nSPS) is 11.2. The van der Waals surface area contributed by atoms with Crippen LogP contribution in [0.1, 0.15) is 25.1 Å². The van der Waals surface area contributed by atoms with Gasteiger partial charge in [-0.3, -0.25) is 9.78 Å². The van der Waals surface area contributed by atoms with Crippen LogP contribution in [-0.4, -0.2) is 16.9 Å². The van der Waals surface area contributed by atoms with Gasteiger partial charge in [0.2, 0.25) is 5.91 Å². The Hall–Kier alpha value is -0.840. The fraction of sp³-hybridized carbons (Fsp3) is 0.500. The molecule has 0 aromatic carbocycles. The number of hydrogen-bond acceptors (Lipinski definition) is 3. The maximum atomic E-state index is 11.6. The molecule has 1 atom stereocenters. The second-order valence-corrected chi connectivity index (χ2v) is 4.30. The molecule has 3 N–H and O–H groups in total. The molecule has 0 spiro atoms. The van der Waals surface area contributed by atoms with Crippen LogP contribution in [0.5, 0.6) is 0 Å². The third-order valence-electron chi connectivity index (χ3n) is 2.46. The van der Waals surface area contributed by atoms with Crippen molar-refractivity contribution in [2.24, 2.45) is 11.7 Å². The summed E-state index contributed by atoms with van der Waals surface area (Å²) in [6, 6.07) is 3.42. The minimum atomic E-state index is -0.446. The van der Waals surface area contributed by atoms with Crippen molar-refractivity contribution in [3.63, 3.8) is 0 Å². The van der Waals surface area contributed by atoms with Gasteiger partial charge in [0.25, 0.3) is 0 Å². The van der Waals surface area contributed by atoms with Crippen molar-refractivity contribution in [3.8, 4) is 0 Å². The zero-order chi connectivity index (χ0) is 12.1. The molecule has 0 aliphatic rings. The van der Waals surface area contributed by atoms with Crippen molar-refractivity contribution in [3.05, 3.63) is 29.6 Å². The molecule has 1 aromatic rings. The second kappa shape index (κ2) is 9.14. The van der Waals surface area contributed by atoms with Crippen LogP contribution in [0.2, 0.25) is 0 Å². The molecule has 0 saturated heterocycles. The lowest BCUT2D eigenvalue weighted by atomic mass is 10.1. The van der Waals surface area contributed by atoms with E-state index in [1.807, 2.05) is 32.9 Å². The molecule has 0 radical (unpaired) electrons. The fourth-order valence-corrected chi connectivity index (χ4v) is 1.21. The smallest absolute Gasteiger partial charge is 0.237 e. The highest BCUT2D eigenvalue weighted by atomic mass is 35.5. The molecule has 1 rings (SSSR count). The van der Waals surface area contributed by atoms with E-state index in [0.29, 0.717) is 6.54 Å². The van der Waals surface area contributed by atoms with Crippen LogP contribution in [-0.2, 0) is 11.3 Å². The number of aromatic nitrogens is 1. The fourth-order valence-electron chi connectivity index (χ4n) is 1.21. The van der Waals surface area contributed by atoms with Crippen molar-refractivity contribution < 1.29 is 4.79 Å². The Morgan fingerprint density at radius 1 is 1.39 bits per heavy atom. The van der Waals surface area contributed by atoms with E-state index in [-0.39, 0.29) is 36.6 Å². The summed E-state index contributed by atoms with van der Waals surface area (Å²) in [5.74, 6) is 0.0340. The molecular formula is C12H21Cl2N3O. The highest BCUT2D eigenvalue weighted by molar-refractivity contribution is 5.85. The Morgan fingerprint density at radius 2 is 2.00 bits per heavy atom. The number of nitrogens with zero attached hydrogens (tertiary/aromatic N) is 1. The van der Waals surface area contributed by atoms with Gasteiger partial charge in [0.15, 0.2) is 0 Å². The lowest BCUT2D eigenvalue weighted by molar-refractivity contribution is -0.123. The Bertz CT molecular complexity index is 355. The number of nitrogens with two attached hydrogens (primary N) is 1. The first kappa shape index (κ1) is 19.5. The molecule has 1 aromatic heterocycles. The Labute approximate surface area is 121 Å². The Kier molecular flexibility index (Phi) is 9.90. The van der Waals surface area contributed by atoms with Gasteiger partial charge in [-0.15, -0.1) is 24.8 Å². The highest BCUT2D eigenvalue weighted by Crippen LogP contribution is 2.01. The van der Waals surface area contributed by atoms with Gasteiger partial charge in [-0.1, -0.05) is 19.9 Å². The first-order valence-electron chi connectivity index (χ1n) is 5.45. The first-order chi connectivity index (χ1) is 7.50. The van der Waals surface area contributed by atoms with Crippen molar-refractivity contribution >= 4 is 30.7 Å². The third kappa shape index (κ3) is 6.19. The maximum Gasteiger partial charge on any atom is 0.237 e. The molecule has 4 nitrogen and oxygen atoms in total. The van der Waals surface area contributed by atoms with Crippen molar-refractivity contribution in [2.75, 3.05) is 0 Å². The summed E-state index contributed by atoms with van der Waals surface area (Å²) in [5, 5.41) is 2.80. The van der Waals surface area contributed by atoms with Crippen LogP contribution in [0.25, 0.3) is 0 Å². The summed E-state index contributed by atoms with van der Waals surface area (Å²) >= 11 is 0. The van der Waals surface area contributed by atoms with Gasteiger partial charge in [-0.2, -0.15) is 0 Å². The number of carbonyl (C=O) groups is 1. The minimum absolute atomic E-state index is 0. The van der Waals surface area contributed by atoms with Gasteiger partial charge in [-0.05, 0) is 24.5 Å². The summed E-state index contributed by atoms with van der Waals surface area (Å²) in [5.41, 5.74) is 7.67. The number of pyridine rings is 1. The molecule has 104 valence electrons. The number of nitrogens with one attached hydrogen (secondary N) is 1. The molecule has 1 unspecified atom stereocenters. The predicted octanol–water partition coefficient (Wildman–Crippen LogP) is 1.83. The van der Waals surface area contributed by atoms with E-state index in [4.69, 9.17) is 5.73 Å². The Morgan fingerprint density at radius 3 is 2.44 bits per heavy atom. The topological polar surface area (TPSA) is 68.0 Å². The summed E-state index contributed by atoms with van der Waals surface area (Å²) in [6.45, 7) is 6.26. The number of amides is 1. The quantitative estimate of drug-likeness (QED) is 0.890. The average Bonchev–Trinajstić information content (AvgIpc) is 2.26. The van der Waals surface area contributed by atoms with E-state index < -0.39 is 6.04 Å². The molecule has 0 fully saturated rings. The van der Waals surface area contributed by atoms with Gasteiger partial charge >= 0.3 is 0 Å². The lowest BCUT2D eigenvalue weighted by Crippen LogP contribution is -2.43. The zero-order valence-electron chi connectivity index (χ0n) is 10.8. The second-order valence-electron chi connectivity index (χ2n) is 4.30. The molecule has 0 aliphatic carbocycles. The number of aryl methyl sites for hydroxylation is 1. The zero-order valence-corrected chi connectivity index (χ0v) is 12.5. The number of rotatable bonds is 4. The molecule has 1 heterocycles. The van der Waals surface area contributed by atoms with Crippen LogP contribution in [0.3, 0.4) is 0 Å². The van der Waals surface area contributed by atoms with Crippen LogP contribution in [0, 0.1) is 12.8 Å². The Balaban J connectivity index is 0. The van der Waals surface area contributed by atoms with Crippen molar-refractivity contribution in [2.45, 2.75) is 33.4 Å².